The summed E-state index contributed by atoms with van der Waals surface area (Å²) in [4.78, 5) is 4.63. The summed E-state index contributed by atoms with van der Waals surface area (Å²) >= 11 is 0. The number of hydrogen-bond acceptors (Lipinski definition) is 4. The molecule has 0 saturated heterocycles. The Hall–Kier alpha value is -0.900. The monoisotopic (exact) mass is 183 g/mol. The van der Waals surface area contributed by atoms with Gasteiger partial charge in [0.15, 0.2) is 0 Å². The van der Waals surface area contributed by atoms with Gasteiger partial charge in [0, 0.05) is 11.9 Å². The average Bonchev–Trinajstić information content (AvgIpc) is 2.04. The Morgan fingerprint density at radius 3 is 2.75 bits per heavy atom. The van der Waals surface area contributed by atoms with E-state index in [1.54, 1.807) is 18.3 Å². The van der Waals surface area contributed by atoms with Gasteiger partial charge in [0.2, 0.25) is 0 Å². The molecule has 0 radical (unpaired) electrons. The van der Waals surface area contributed by atoms with E-state index in [-0.39, 0.29) is 0 Å². The van der Waals surface area contributed by atoms with Crippen molar-refractivity contribution < 1.29 is 4.21 Å². The molecule has 0 atom stereocenters. The van der Waals surface area contributed by atoms with Crippen LogP contribution in [0.1, 0.15) is 25.5 Å². The maximum atomic E-state index is 10.8. The smallest absolute Gasteiger partial charge is 0.0414 e. The van der Waals surface area contributed by atoms with E-state index in [0.29, 0.717) is 10.8 Å². The van der Waals surface area contributed by atoms with Gasteiger partial charge in [-0.2, -0.15) is 10.6 Å². The third-order valence-electron chi connectivity index (χ3n) is 1.56. The highest BCUT2D eigenvalue weighted by molar-refractivity contribution is 7.73. The second kappa shape index (κ2) is 3.67. The van der Waals surface area contributed by atoms with E-state index in [4.69, 9.17) is 4.78 Å². The largest absolute Gasteiger partial charge is 0.440 e. The fourth-order valence-electron chi connectivity index (χ4n) is 0.859. The van der Waals surface area contributed by atoms with Gasteiger partial charge in [-0.05, 0) is 5.92 Å². The van der Waals surface area contributed by atoms with Crippen molar-refractivity contribution in [3.8, 4) is 0 Å². The van der Waals surface area contributed by atoms with Crippen LogP contribution >= 0.6 is 0 Å². The van der Waals surface area contributed by atoms with Crippen LogP contribution < -0.4 is 0 Å². The van der Waals surface area contributed by atoms with Crippen molar-refractivity contribution >= 4 is 10.6 Å². The van der Waals surface area contributed by atoms with Gasteiger partial charge in [-0.15, -0.1) is 0 Å². The Labute approximate surface area is 73.8 Å². The van der Waals surface area contributed by atoms with E-state index in [0.717, 1.165) is 5.69 Å². The molecule has 66 valence electrons. The minimum atomic E-state index is -1.65. The third kappa shape index (κ3) is 2.04. The van der Waals surface area contributed by atoms with E-state index in [1.165, 1.54) is 0 Å². The molecule has 0 saturated carbocycles. The second-order valence-corrected chi connectivity index (χ2v) is 3.85. The van der Waals surface area contributed by atoms with Crippen molar-refractivity contribution in [3.05, 3.63) is 24.0 Å². The number of pyridine rings is 1. The molecule has 0 bridgehead atoms. The quantitative estimate of drug-likeness (QED) is 0.715. The number of rotatable bonds is 2. The van der Waals surface area contributed by atoms with Crippen LogP contribution in [0.3, 0.4) is 0 Å². The van der Waals surface area contributed by atoms with Crippen LogP contribution in [0.25, 0.3) is 0 Å². The molecule has 1 aromatic heterocycles. The van der Waals surface area contributed by atoms with Gasteiger partial charge >= 0.3 is 0 Å². The van der Waals surface area contributed by atoms with Crippen LogP contribution in [-0.2, 0) is 14.8 Å². The molecular formula is C8H11N2OS-. The first kappa shape index (κ1) is 9.19. The van der Waals surface area contributed by atoms with Crippen molar-refractivity contribution in [3.63, 3.8) is 0 Å². The molecule has 1 N–H and O–H groups in total. The van der Waals surface area contributed by atoms with Gasteiger partial charge in [0.25, 0.3) is 0 Å². The van der Waals surface area contributed by atoms with Crippen LogP contribution in [-0.4, -0.2) is 4.98 Å². The van der Waals surface area contributed by atoms with Crippen molar-refractivity contribution in [1.82, 2.24) is 4.98 Å². The van der Waals surface area contributed by atoms with Gasteiger partial charge in [-0.1, -0.05) is 30.9 Å². The standard InChI is InChI=1S/C8H11N2OS/c1-6(2)8-5-7(12(9)11)3-4-10-8/h3-6,9H,1-2H3/q-1. The van der Waals surface area contributed by atoms with Crippen LogP contribution in [0.2, 0.25) is 0 Å². The maximum absolute atomic E-state index is 10.8. The fraction of sp³-hybridized carbons (Fsp3) is 0.375. The predicted molar refractivity (Wildman–Crippen MR) is 47.4 cm³/mol. The molecule has 0 aromatic carbocycles. The molecule has 0 aliphatic heterocycles. The molecule has 0 unspecified atom stereocenters. The van der Waals surface area contributed by atoms with Gasteiger partial charge in [0.05, 0.1) is 0 Å². The van der Waals surface area contributed by atoms with Crippen LogP contribution in [0.5, 0.6) is 0 Å². The second-order valence-electron chi connectivity index (χ2n) is 2.84. The summed E-state index contributed by atoms with van der Waals surface area (Å²) in [6, 6.07) is 3.32. The van der Waals surface area contributed by atoms with Crippen molar-refractivity contribution in [2.45, 2.75) is 24.7 Å². The fourth-order valence-corrected chi connectivity index (χ4v) is 1.27. The van der Waals surface area contributed by atoms with E-state index < -0.39 is 10.6 Å². The SMILES string of the molecule is CC(C)c1cc([S-](=N)=O)ccn1. The molecule has 12 heavy (non-hydrogen) atoms. The number of aromatic nitrogens is 1. The zero-order chi connectivity index (χ0) is 9.14. The summed E-state index contributed by atoms with van der Waals surface area (Å²) in [7, 11) is -1.65. The molecule has 1 rings (SSSR count). The van der Waals surface area contributed by atoms with Crippen LogP contribution in [0.4, 0.5) is 0 Å². The minimum Gasteiger partial charge on any atom is -0.440 e. The molecule has 3 nitrogen and oxygen atoms in total. The van der Waals surface area contributed by atoms with Gasteiger partial charge in [-0.3, -0.25) is 4.98 Å². The first-order valence-corrected chi connectivity index (χ1v) is 4.85. The molecule has 0 spiro atoms. The highest BCUT2D eigenvalue weighted by Gasteiger charge is 1.98. The minimum absolute atomic E-state index is 0.313. The van der Waals surface area contributed by atoms with Gasteiger partial charge in [-0.25, -0.2) is 0 Å². The molecular weight excluding hydrogens is 172 g/mol. The zero-order valence-electron chi connectivity index (χ0n) is 7.07. The molecule has 1 heterocycles. The summed E-state index contributed by atoms with van der Waals surface area (Å²) in [5.74, 6) is 0.313. The summed E-state index contributed by atoms with van der Waals surface area (Å²) in [5.41, 5.74) is 0.883. The lowest BCUT2D eigenvalue weighted by Gasteiger charge is -2.07. The Kier molecular flexibility index (Phi) is 2.81. The van der Waals surface area contributed by atoms with E-state index in [2.05, 4.69) is 4.98 Å². The number of nitrogens with one attached hydrogen (secondary N) is 1. The zero-order valence-corrected chi connectivity index (χ0v) is 7.89. The molecule has 0 aliphatic carbocycles. The Morgan fingerprint density at radius 2 is 2.25 bits per heavy atom. The maximum Gasteiger partial charge on any atom is 0.0414 e. The lowest BCUT2D eigenvalue weighted by Crippen LogP contribution is -1.92. The average molecular weight is 183 g/mol. The summed E-state index contributed by atoms with van der Waals surface area (Å²) in [6.45, 7) is 4.03. The summed E-state index contributed by atoms with van der Waals surface area (Å²) in [5, 5.41) is 0. The third-order valence-corrected chi connectivity index (χ3v) is 2.24. The Balaban J connectivity index is 3.12. The summed E-state index contributed by atoms with van der Waals surface area (Å²) < 4.78 is 17.8. The van der Waals surface area contributed by atoms with Gasteiger partial charge < -0.3 is 8.99 Å². The highest BCUT2D eigenvalue weighted by Crippen LogP contribution is 2.12. The molecule has 1 aromatic rings. The Morgan fingerprint density at radius 1 is 1.58 bits per heavy atom. The lowest BCUT2D eigenvalue weighted by atomic mass is 10.1. The first-order valence-electron chi connectivity index (χ1n) is 3.70. The highest BCUT2D eigenvalue weighted by atomic mass is 32.2. The Bertz CT molecular complexity index is 337. The predicted octanol–water partition coefficient (Wildman–Crippen LogP) is 2.29. The molecule has 0 aliphatic rings. The normalized spacial score (nSPS) is 11.0. The van der Waals surface area contributed by atoms with Crippen LogP contribution in [0.15, 0.2) is 23.2 Å². The number of hydrogen-bond donors (Lipinski definition) is 1. The lowest BCUT2D eigenvalue weighted by molar-refractivity contribution is 0.598. The van der Waals surface area contributed by atoms with E-state index >= 15 is 0 Å². The van der Waals surface area contributed by atoms with Gasteiger partial charge in [0.1, 0.15) is 0 Å². The first-order chi connectivity index (χ1) is 5.61. The molecule has 0 fully saturated rings. The van der Waals surface area contributed by atoms with Crippen molar-refractivity contribution in [2.24, 2.45) is 0 Å². The van der Waals surface area contributed by atoms with Crippen molar-refractivity contribution in [2.75, 3.05) is 0 Å². The summed E-state index contributed by atoms with van der Waals surface area (Å²) in [6.07, 6.45) is 1.59. The molecule has 0 amide bonds. The number of nitrogens with zero attached hydrogens (tertiary/aromatic N) is 1. The van der Waals surface area contributed by atoms with E-state index in [9.17, 15) is 4.21 Å². The van der Waals surface area contributed by atoms with E-state index in [1.807, 2.05) is 13.8 Å². The van der Waals surface area contributed by atoms with Crippen molar-refractivity contribution in [1.29, 1.82) is 4.78 Å². The molecule has 4 heteroatoms. The van der Waals surface area contributed by atoms with Crippen LogP contribution in [0, 0.1) is 4.78 Å². The topological polar surface area (TPSA) is 53.8 Å².